The summed E-state index contributed by atoms with van der Waals surface area (Å²) in [6, 6.07) is 10.0. The van der Waals surface area contributed by atoms with Crippen LogP contribution in [0.25, 0.3) is 0 Å². The zero-order valence-corrected chi connectivity index (χ0v) is 17.1. The Balaban J connectivity index is 1.56. The Hall–Kier alpha value is -1.18. The van der Waals surface area contributed by atoms with Crippen LogP contribution in [0.4, 0.5) is 0 Å². The summed E-state index contributed by atoms with van der Waals surface area (Å²) in [7, 11) is 0. The predicted molar refractivity (Wildman–Crippen MR) is 107 cm³/mol. The van der Waals surface area contributed by atoms with Gasteiger partial charge in [-0.2, -0.15) is 0 Å². The summed E-state index contributed by atoms with van der Waals surface area (Å²) in [6.07, 6.45) is 1.89. The summed E-state index contributed by atoms with van der Waals surface area (Å²) in [4.78, 5) is 27.9. The summed E-state index contributed by atoms with van der Waals surface area (Å²) >= 11 is 3.32. The second-order valence-corrected chi connectivity index (χ2v) is 10.0. The number of hydrogen-bond donors (Lipinski definition) is 0. The fraction of sp³-hybridized carbons (Fsp3) is 0.600. The molecule has 3 aliphatic rings. The lowest BCUT2D eigenvalue weighted by molar-refractivity contribution is -0.150. The first-order valence-electron chi connectivity index (χ1n) is 9.58. The summed E-state index contributed by atoms with van der Waals surface area (Å²) in [5, 5.41) is 0. The highest BCUT2D eigenvalue weighted by Crippen LogP contribution is 2.53. The molecule has 3 atom stereocenters. The number of fused-ring (bicyclic) bond motifs is 1. The molecule has 0 N–H and O–H groups in total. The van der Waals surface area contributed by atoms with Crippen LogP contribution in [0.15, 0.2) is 30.3 Å². The fourth-order valence-electron chi connectivity index (χ4n) is 4.24. The maximum absolute atomic E-state index is 13.1. The van der Waals surface area contributed by atoms with E-state index in [0.717, 1.165) is 23.5 Å². The number of benzene rings is 1. The topological polar surface area (TPSA) is 55.8 Å². The molecule has 3 aliphatic heterocycles. The summed E-state index contributed by atoms with van der Waals surface area (Å²) < 4.78 is 10.8. The molecule has 0 spiro atoms. The van der Waals surface area contributed by atoms with Crippen molar-refractivity contribution in [1.82, 2.24) is 4.90 Å². The van der Waals surface area contributed by atoms with Gasteiger partial charge in [-0.05, 0) is 36.8 Å². The average Bonchev–Trinajstić information content (AvgIpc) is 3.14. The molecule has 0 saturated carbocycles. The number of carbonyl (C=O) groups excluding carboxylic acids is 2. The van der Waals surface area contributed by atoms with Gasteiger partial charge in [-0.25, -0.2) is 4.79 Å². The summed E-state index contributed by atoms with van der Waals surface area (Å²) in [6.45, 7) is 2.71. The normalized spacial score (nSPS) is 30.0. The number of rotatable bonds is 4. The van der Waals surface area contributed by atoms with E-state index in [9.17, 15) is 9.59 Å². The number of thioether (sulfide) groups is 2. The highest BCUT2D eigenvalue weighted by Gasteiger charge is 2.55. The molecule has 0 aromatic heterocycles. The quantitative estimate of drug-likeness (QED) is 0.713. The molecule has 0 radical (unpaired) electrons. The van der Waals surface area contributed by atoms with Crippen LogP contribution in [0.5, 0.6) is 0 Å². The van der Waals surface area contributed by atoms with Crippen LogP contribution in [0, 0.1) is 5.92 Å². The number of esters is 1. The van der Waals surface area contributed by atoms with Crippen molar-refractivity contribution in [3.05, 3.63) is 35.9 Å². The van der Waals surface area contributed by atoms with Crippen molar-refractivity contribution in [3.8, 4) is 0 Å². The molecule has 3 fully saturated rings. The van der Waals surface area contributed by atoms with E-state index in [-0.39, 0.29) is 30.1 Å². The van der Waals surface area contributed by atoms with Gasteiger partial charge < -0.3 is 14.4 Å². The van der Waals surface area contributed by atoms with Crippen LogP contribution in [-0.4, -0.2) is 51.8 Å². The van der Waals surface area contributed by atoms with Crippen LogP contribution in [0.1, 0.15) is 37.8 Å². The van der Waals surface area contributed by atoms with Crippen molar-refractivity contribution in [2.75, 3.05) is 24.7 Å². The molecule has 1 aromatic rings. The van der Waals surface area contributed by atoms with Gasteiger partial charge in [0.15, 0.2) is 4.08 Å². The van der Waals surface area contributed by atoms with Crippen molar-refractivity contribution >= 4 is 35.4 Å². The van der Waals surface area contributed by atoms with Crippen LogP contribution in [0.3, 0.4) is 0 Å². The van der Waals surface area contributed by atoms with Crippen molar-refractivity contribution in [2.24, 2.45) is 5.92 Å². The molecule has 0 unspecified atom stereocenters. The average molecular weight is 408 g/mol. The number of amides is 1. The van der Waals surface area contributed by atoms with Gasteiger partial charge in [0.2, 0.25) is 5.91 Å². The largest absolute Gasteiger partial charge is 0.464 e. The van der Waals surface area contributed by atoms with Gasteiger partial charge in [-0.1, -0.05) is 30.3 Å². The number of piperidine rings is 1. The minimum absolute atomic E-state index is 0.0325. The molecule has 1 amide bonds. The molecule has 0 bridgehead atoms. The van der Waals surface area contributed by atoms with E-state index >= 15 is 0 Å². The first-order chi connectivity index (χ1) is 13.2. The SMILES string of the molecule is CCOC(=O)C1([C@@H]2CC(=O)N3[C@@H](C2)OC[C@H]3c2ccccc2)SCCCS1. The van der Waals surface area contributed by atoms with Crippen molar-refractivity contribution < 1.29 is 19.1 Å². The first kappa shape index (κ1) is 19.2. The van der Waals surface area contributed by atoms with Crippen LogP contribution in [0.2, 0.25) is 0 Å². The lowest BCUT2D eigenvalue weighted by Gasteiger charge is -2.45. The molecule has 3 saturated heterocycles. The van der Waals surface area contributed by atoms with Gasteiger partial charge in [0.05, 0.1) is 19.3 Å². The van der Waals surface area contributed by atoms with Crippen molar-refractivity contribution in [1.29, 1.82) is 0 Å². The third-order valence-electron chi connectivity index (χ3n) is 5.49. The lowest BCUT2D eigenvalue weighted by atomic mass is 9.89. The second-order valence-electron chi connectivity index (χ2n) is 7.09. The Morgan fingerprint density at radius 2 is 2.04 bits per heavy atom. The number of carbonyl (C=O) groups is 2. The third kappa shape index (κ3) is 3.49. The summed E-state index contributed by atoms with van der Waals surface area (Å²) in [5.74, 6) is 1.70. The monoisotopic (exact) mass is 407 g/mol. The Morgan fingerprint density at radius 3 is 2.74 bits per heavy atom. The molecule has 146 valence electrons. The lowest BCUT2D eigenvalue weighted by Crippen LogP contribution is -2.52. The molecular formula is C20H25NO4S2. The van der Waals surface area contributed by atoms with Gasteiger partial charge in [0.25, 0.3) is 0 Å². The van der Waals surface area contributed by atoms with Gasteiger partial charge in [0.1, 0.15) is 6.23 Å². The zero-order chi connectivity index (χ0) is 18.9. The Kier molecular flexibility index (Phi) is 5.71. The zero-order valence-electron chi connectivity index (χ0n) is 15.5. The number of nitrogens with zero attached hydrogens (tertiary/aromatic N) is 1. The number of hydrogen-bond acceptors (Lipinski definition) is 6. The third-order valence-corrected chi connectivity index (χ3v) is 9.04. The minimum atomic E-state index is -0.676. The molecular weight excluding hydrogens is 382 g/mol. The van der Waals surface area contributed by atoms with E-state index in [0.29, 0.717) is 26.1 Å². The van der Waals surface area contributed by atoms with Crippen LogP contribution >= 0.6 is 23.5 Å². The molecule has 0 aliphatic carbocycles. The highest BCUT2D eigenvalue weighted by atomic mass is 32.2. The van der Waals surface area contributed by atoms with Crippen molar-refractivity contribution in [3.63, 3.8) is 0 Å². The maximum Gasteiger partial charge on any atom is 0.332 e. The van der Waals surface area contributed by atoms with Crippen LogP contribution < -0.4 is 0 Å². The van der Waals surface area contributed by atoms with Gasteiger partial charge >= 0.3 is 5.97 Å². The fourth-order valence-corrected chi connectivity index (χ4v) is 7.63. The summed E-state index contributed by atoms with van der Waals surface area (Å²) in [5.41, 5.74) is 1.10. The molecule has 4 rings (SSSR count). The minimum Gasteiger partial charge on any atom is -0.464 e. The highest BCUT2D eigenvalue weighted by molar-refractivity contribution is 8.19. The molecule has 3 heterocycles. The second kappa shape index (κ2) is 8.05. The van der Waals surface area contributed by atoms with E-state index in [4.69, 9.17) is 9.47 Å². The van der Waals surface area contributed by atoms with E-state index in [2.05, 4.69) is 0 Å². The Labute approximate surface area is 168 Å². The van der Waals surface area contributed by atoms with E-state index in [1.807, 2.05) is 42.2 Å². The molecule has 5 nitrogen and oxygen atoms in total. The van der Waals surface area contributed by atoms with E-state index in [1.165, 1.54) is 0 Å². The molecule has 1 aromatic carbocycles. The molecule has 27 heavy (non-hydrogen) atoms. The first-order valence-corrected chi connectivity index (χ1v) is 11.6. The van der Waals surface area contributed by atoms with Gasteiger partial charge in [0, 0.05) is 12.3 Å². The standard InChI is InChI=1S/C20H25NO4S2/c1-2-24-19(23)20(26-9-6-10-27-20)15-11-17(22)21-16(13-25-18(21)12-15)14-7-4-3-5-8-14/h3-5,7-8,15-16,18H,2,6,9-13H2,1H3/t15-,16+,18-/m1/s1. The van der Waals surface area contributed by atoms with Crippen molar-refractivity contribution in [2.45, 2.75) is 42.5 Å². The van der Waals surface area contributed by atoms with Crippen LogP contribution in [-0.2, 0) is 19.1 Å². The van der Waals surface area contributed by atoms with Gasteiger partial charge in [-0.3, -0.25) is 4.79 Å². The van der Waals surface area contributed by atoms with E-state index < -0.39 is 4.08 Å². The predicted octanol–water partition coefficient (Wildman–Crippen LogP) is 3.45. The van der Waals surface area contributed by atoms with Gasteiger partial charge in [-0.15, -0.1) is 23.5 Å². The molecule has 7 heteroatoms. The Bertz CT molecular complexity index is 692. The van der Waals surface area contributed by atoms with E-state index in [1.54, 1.807) is 23.5 Å². The Morgan fingerprint density at radius 1 is 1.30 bits per heavy atom. The smallest absolute Gasteiger partial charge is 0.332 e. The number of ether oxygens (including phenoxy) is 2. The maximum atomic E-state index is 13.1.